The molecule has 0 saturated heterocycles. The van der Waals surface area contributed by atoms with Crippen molar-refractivity contribution in [2.45, 2.75) is 45.4 Å². The van der Waals surface area contributed by atoms with E-state index in [9.17, 15) is 4.79 Å². The number of carbonyl (C=O) groups excluding carboxylic acids is 1. The fourth-order valence-corrected chi connectivity index (χ4v) is 4.11. The number of halogens is 1. The van der Waals surface area contributed by atoms with Gasteiger partial charge in [0, 0.05) is 32.0 Å². The number of carbonyl (C=O) groups is 1. The Bertz CT molecular complexity index is 531. The molecule has 0 bridgehead atoms. The SMILES string of the molecule is CCOC1CC(N)(C(=O)N(C)Cc2csc(Br)c2)C1(C)C. The molecule has 0 spiro atoms. The maximum absolute atomic E-state index is 12.8. The van der Waals surface area contributed by atoms with E-state index in [1.807, 2.05) is 39.3 Å². The van der Waals surface area contributed by atoms with Crippen molar-refractivity contribution < 1.29 is 9.53 Å². The van der Waals surface area contributed by atoms with Crippen molar-refractivity contribution in [3.8, 4) is 0 Å². The first kappa shape index (κ1) is 16.9. The topological polar surface area (TPSA) is 55.6 Å². The summed E-state index contributed by atoms with van der Waals surface area (Å²) in [6, 6.07) is 2.03. The van der Waals surface area contributed by atoms with Crippen LogP contribution in [0.3, 0.4) is 0 Å². The molecule has 2 atom stereocenters. The summed E-state index contributed by atoms with van der Waals surface area (Å²) in [5, 5.41) is 2.05. The van der Waals surface area contributed by atoms with Crippen molar-refractivity contribution in [1.29, 1.82) is 0 Å². The van der Waals surface area contributed by atoms with Crippen LogP contribution in [0.15, 0.2) is 15.2 Å². The monoisotopic (exact) mass is 374 g/mol. The lowest BCUT2D eigenvalue weighted by atomic mass is 9.54. The van der Waals surface area contributed by atoms with Gasteiger partial charge in [0.2, 0.25) is 5.91 Å². The summed E-state index contributed by atoms with van der Waals surface area (Å²) in [6.07, 6.45) is 0.643. The van der Waals surface area contributed by atoms with Crippen LogP contribution in [-0.2, 0) is 16.1 Å². The van der Waals surface area contributed by atoms with Gasteiger partial charge in [-0.2, -0.15) is 0 Å². The maximum Gasteiger partial charge on any atom is 0.243 e. The number of hydrogen-bond donors (Lipinski definition) is 1. The van der Waals surface area contributed by atoms with Crippen LogP contribution in [0.25, 0.3) is 0 Å². The number of hydrogen-bond acceptors (Lipinski definition) is 4. The number of nitrogens with two attached hydrogens (primary N) is 1. The number of thiophene rings is 1. The molecular formula is C15H23BrN2O2S. The lowest BCUT2D eigenvalue weighted by Gasteiger charge is -2.58. The lowest BCUT2D eigenvalue weighted by Crippen LogP contribution is -2.75. The third kappa shape index (κ3) is 2.91. The molecule has 1 fully saturated rings. The highest BCUT2D eigenvalue weighted by Crippen LogP contribution is 2.50. The van der Waals surface area contributed by atoms with E-state index < -0.39 is 5.54 Å². The van der Waals surface area contributed by atoms with Gasteiger partial charge in [-0.25, -0.2) is 0 Å². The zero-order valence-electron chi connectivity index (χ0n) is 13.0. The van der Waals surface area contributed by atoms with E-state index in [4.69, 9.17) is 10.5 Å². The van der Waals surface area contributed by atoms with Crippen LogP contribution in [0.5, 0.6) is 0 Å². The van der Waals surface area contributed by atoms with Crippen molar-refractivity contribution in [3.05, 3.63) is 20.8 Å². The van der Waals surface area contributed by atoms with Crippen LogP contribution in [0.1, 0.15) is 32.8 Å². The number of likely N-dealkylation sites (N-methyl/N-ethyl adjacent to an activating group) is 1. The number of amides is 1. The van der Waals surface area contributed by atoms with Gasteiger partial charge in [-0.15, -0.1) is 11.3 Å². The minimum absolute atomic E-state index is 0.00854. The predicted octanol–water partition coefficient (Wildman–Crippen LogP) is 3.00. The highest BCUT2D eigenvalue weighted by atomic mass is 79.9. The molecule has 0 aliphatic heterocycles. The second-order valence-electron chi connectivity index (χ2n) is 6.26. The van der Waals surface area contributed by atoms with Gasteiger partial charge in [-0.3, -0.25) is 4.79 Å². The van der Waals surface area contributed by atoms with Gasteiger partial charge in [0.05, 0.1) is 9.89 Å². The quantitative estimate of drug-likeness (QED) is 0.861. The van der Waals surface area contributed by atoms with Gasteiger partial charge in [0.25, 0.3) is 0 Å². The number of ether oxygens (including phenoxy) is 1. The molecule has 4 nitrogen and oxygen atoms in total. The molecule has 0 aromatic carbocycles. The van der Waals surface area contributed by atoms with E-state index in [0.717, 1.165) is 9.35 Å². The Balaban J connectivity index is 2.05. The van der Waals surface area contributed by atoms with Crippen molar-refractivity contribution in [3.63, 3.8) is 0 Å². The summed E-state index contributed by atoms with van der Waals surface area (Å²) in [5.74, 6) is -0.00854. The van der Waals surface area contributed by atoms with Crippen LogP contribution < -0.4 is 5.73 Å². The van der Waals surface area contributed by atoms with E-state index in [2.05, 4.69) is 15.9 Å². The number of rotatable bonds is 5. The van der Waals surface area contributed by atoms with Gasteiger partial charge in [-0.05, 0) is 39.9 Å². The third-order valence-electron chi connectivity index (χ3n) is 4.60. The first-order valence-corrected chi connectivity index (χ1v) is 8.78. The van der Waals surface area contributed by atoms with Crippen LogP contribution in [-0.4, -0.2) is 36.1 Å². The Labute approximate surface area is 138 Å². The van der Waals surface area contributed by atoms with E-state index in [-0.39, 0.29) is 17.4 Å². The predicted molar refractivity (Wildman–Crippen MR) is 89.2 cm³/mol. The zero-order valence-corrected chi connectivity index (χ0v) is 15.4. The summed E-state index contributed by atoms with van der Waals surface area (Å²) in [7, 11) is 1.81. The molecule has 2 unspecified atom stereocenters. The second kappa shape index (κ2) is 5.99. The maximum atomic E-state index is 12.8. The van der Waals surface area contributed by atoms with Crippen molar-refractivity contribution in [2.24, 2.45) is 11.1 Å². The Kier molecular flexibility index (Phi) is 4.83. The fraction of sp³-hybridized carbons (Fsp3) is 0.667. The zero-order chi connectivity index (χ0) is 15.8. The fourth-order valence-electron chi connectivity index (χ4n) is 2.91. The minimum Gasteiger partial charge on any atom is -0.378 e. The molecule has 118 valence electrons. The normalized spacial score (nSPS) is 27.2. The van der Waals surface area contributed by atoms with Crippen LogP contribution >= 0.6 is 27.3 Å². The molecule has 6 heteroatoms. The largest absolute Gasteiger partial charge is 0.378 e. The Morgan fingerprint density at radius 3 is 2.76 bits per heavy atom. The summed E-state index contributed by atoms with van der Waals surface area (Å²) >= 11 is 5.06. The van der Waals surface area contributed by atoms with E-state index >= 15 is 0 Å². The standard InChI is InChI=1S/C15H23BrN2O2S/c1-5-20-11-7-15(17,14(11,2)3)13(19)18(4)8-10-6-12(16)21-9-10/h6,9,11H,5,7-8,17H2,1-4H3. The molecule has 1 heterocycles. The van der Waals surface area contributed by atoms with Crippen molar-refractivity contribution >= 4 is 33.2 Å². The number of nitrogens with zero attached hydrogens (tertiary/aromatic N) is 1. The molecule has 0 radical (unpaired) electrons. The summed E-state index contributed by atoms with van der Waals surface area (Å²) in [5.41, 5.74) is 6.36. The molecule has 2 N–H and O–H groups in total. The smallest absolute Gasteiger partial charge is 0.243 e. The van der Waals surface area contributed by atoms with E-state index in [1.54, 1.807) is 16.2 Å². The minimum atomic E-state index is -0.838. The molecule has 1 aromatic heterocycles. The van der Waals surface area contributed by atoms with E-state index in [1.165, 1.54) is 0 Å². The van der Waals surface area contributed by atoms with Gasteiger partial charge in [-0.1, -0.05) is 13.8 Å². The van der Waals surface area contributed by atoms with Crippen LogP contribution in [0.4, 0.5) is 0 Å². The van der Waals surface area contributed by atoms with Crippen molar-refractivity contribution in [2.75, 3.05) is 13.7 Å². The first-order chi connectivity index (χ1) is 9.72. The van der Waals surface area contributed by atoms with Gasteiger partial charge in [0.1, 0.15) is 5.54 Å². The average Bonchev–Trinajstić information content (AvgIpc) is 2.82. The molecule has 1 aliphatic carbocycles. The van der Waals surface area contributed by atoms with Crippen LogP contribution in [0.2, 0.25) is 0 Å². The molecule has 1 saturated carbocycles. The Hall–Kier alpha value is -0.430. The molecular weight excluding hydrogens is 352 g/mol. The average molecular weight is 375 g/mol. The third-order valence-corrected chi connectivity index (χ3v) is 6.15. The van der Waals surface area contributed by atoms with Crippen LogP contribution in [0, 0.1) is 5.41 Å². The molecule has 1 amide bonds. The van der Waals surface area contributed by atoms with E-state index in [0.29, 0.717) is 19.6 Å². The van der Waals surface area contributed by atoms with Gasteiger partial charge < -0.3 is 15.4 Å². The Morgan fingerprint density at radius 1 is 1.62 bits per heavy atom. The lowest BCUT2D eigenvalue weighted by molar-refractivity contribution is -0.178. The molecule has 21 heavy (non-hydrogen) atoms. The highest BCUT2D eigenvalue weighted by Gasteiger charge is 2.63. The Morgan fingerprint density at radius 2 is 2.29 bits per heavy atom. The molecule has 1 aliphatic rings. The molecule has 2 rings (SSSR count). The van der Waals surface area contributed by atoms with Gasteiger partial charge >= 0.3 is 0 Å². The highest BCUT2D eigenvalue weighted by molar-refractivity contribution is 9.11. The summed E-state index contributed by atoms with van der Waals surface area (Å²) in [4.78, 5) is 14.5. The molecule has 1 aromatic rings. The second-order valence-corrected chi connectivity index (χ2v) is 8.55. The summed E-state index contributed by atoms with van der Waals surface area (Å²) in [6.45, 7) is 7.23. The first-order valence-electron chi connectivity index (χ1n) is 7.11. The van der Waals surface area contributed by atoms with Crippen molar-refractivity contribution in [1.82, 2.24) is 4.90 Å². The van der Waals surface area contributed by atoms with Gasteiger partial charge in [0.15, 0.2) is 0 Å². The summed E-state index contributed by atoms with van der Waals surface area (Å²) < 4.78 is 6.76.